The van der Waals surface area contributed by atoms with Gasteiger partial charge in [0.25, 0.3) is 0 Å². The van der Waals surface area contributed by atoms with Crippen molar-refractivity contribution >= 4 is 33.4 Å². The molecule has 2 rings (SSSR count). The minimum atomic E-state index is -3.51. The summed E-state index contributed by atoms with van der Waals surface area (Å²) in [5, 5.41) is 3.86. The number of thioether (sulfide) groups is 1. The summed E-state index contributed by atoms with van der Waals surface area (Å²) in [6.45, 7) is 2.53. The molecule has 1 saturated carbocycles. The SMILES string of the molecule is CSCC(C)NS(=O)(=O)c1ccc(CNC2CC2)c(Cl)c1. The van der Waals surface area contributed by atoms with Gasteiger partial charge in [0.05, 0.1) is 4.90 Å². The van der Waals surface area contributed by atoms with E-state index in [4.69, 9.17) is 11.6 Å². The van der Waals surface area contributed by atoms with Gasteiger partial charge in [-0.1, -0.05) is 17.7 Å². The smallest absolute Gasteiger partial charge is 0.240 e. The minimum absolute atomic E-state index is 0.111. The summed E-state index contributed by atoms with van der Waals surface area (Å²) in [6.07, 6.45) is 4.37. The molecule has 0 bridgehead atoms. The standard InChI is InChI=1S/C14H21ClN2O2S2/c1-10(9-20-2)17-21(18,19)13-6-3-11(14(15)7-13)8-16-12-4-5-12/h3,6-7,10,12,16-17H,4-5,8-9H2,1-2H3. The summed E-state index contributed by atoms with van der Waals surface area (Å²) in [6, 6.07) is 5.41. The van der Waals surface area contributed by atoms with Crippen LogP contribution in [0.3, 0.4) is 0 Å². The van der Waals surface area contributed by atoms with Crippen molar-refractivity contribution < 1.29 is 8.42 Å². The molecule has 118 valence electrons. The molecule has 0 spiro atoms. The molecule has 1 unspecified atom stereocenters. The predicted molar refractivity (Wildman–Crippen MR) is 89.5 cm³/mol. The first-order valence-corrected chi connectivity index (χ1v) is 10.2. The van der Waals surface area contributed by atoms with Gasteiger partial charge in [-0.25, -0.2) is 13.1 Å². The summed E-state index contributed by atoms with van der Waals surface area (Å²) < 4.78 is 27.2. The van der Waals surface area contributed by atoms with E-state index in [1.165, 1.54) is 18.9 Å². The Hall–Kier alpha value is -0.270. The quantitative estimate of drug-likeness (QED) is 0.758. The van der Waals surface area contributed by atoms with Crippen molar-refractivity contribution in [3.05, 3.63) is 28.8 Å². The van der Waals surface area contributed by atoms with Gasteiger partial charge in [-0.05, 0) is 43.7 Å². The van der Waals surface area contributed by atoms with Crippen LogP contribution in [0.1, 0.15) is 25.3 Å². The Labute approximate surface area is 136 Å². The predicted octanol–water partition coefficient (Wildman–Crippen LogP) is 2.62. The van der Waals surface area contributed by atoms with Crippen LogP contribution in [0.2, 0.25) is 5.02 Å². The largest absolute Gasteiger partial charge is 0.310 e. The number of sulfonamides is 1. The normalized spacial score (nSPS) is 16.9. The van der Waals surface area contributed by atoms with Gasteiger partial charge in [0.1, 0.15) is 0 Å². The number of rotatable bonds is 8. The van der Waals surface area contributed by atoms with Crippen LogP contribution in [-0.2, 0) is 16.6 Å². The third kappa shape index (κ3) is 5.14. The zero-order chi connectivity index (χ0) is 15.5. The van der Waals surface area contributed by atoms with Crippen LogP contribution in [0.5, 0.6) is 0 Å². The highest BCUT2D eigenvalue weighted by molar-refractivity contribution is 7.98. The molecule has 2 N–H and O–H groups in total. The van der Waals surface area contributed by atoms with Crippen molar-refractivity contribution in [1.82, 2.24) is 10.0 Å². The van der Waals surface area contributed by atoms with E-state index in [-0.39, 0.29) is 10.9 Å². The zero-order valence-corrected chi connectivity index (χ0v) is 14.6. The molecule has 1 aromatic rings. The maximum Gasteiger partial charge on any atom is 0.240 e. The maximum absolute atomic E-state index is 12.3. The molecule has 1 aromatic carbocycles. The molecule has 0 aromatic heterocycles. The Morgan fingerprint density at radius 2 is 2.14 bits per heavy atom. The van der Waals surface area contributed by atoms with E-state index in [0.717, 1.165) is 11.3 Å². The molecular formula is C14H21ClN2O2S2. The summed E-state index contributed by atoms with van der Waals surface area (Å²) in [4.78, 5) is 0.218. The Morgan fingerprint density at radius 3 is 2.71 bits per heavy atom. The van der Waals surface area contributed by atoms with Gasteiger partial charge >= 0.3 is 0 Å². The lowest BCUT2D eigenvalue weighted by Crippen LogP contribution is -2.34. The topological polar surface area (TPSA) is 58.2 Å². The van der Waals surface area contributed by atoms with Gasteiger partial charge in [0.15, 0.2) is 0 Å². The fourth-order valence-electron chi connectivity index (χ4n) is 2.00. The fraction of sp³-hybridized carbons (Fsp3) is 0.571. The molecule has 1 aliphatic carbocycles. The van der Waals surface area contributed by atoms with Crippen molar-refractivity contribution in [3.8, 4) is 0 Å². The van der Waals surface area contributed by atoms with Crippen LogP contribution in [0, 0.1) is 0 Å². The van der Waals surface area contributed by atoms with Crippen molar-refractivity contribution in [2.24, 2.45) is 0 Å². The lowest BCUT2D eigenvalue weighted by molar-refractivity contribution is 0.571. The Morgan fingerprint density at radius 1 is 1.43 bits per heavy atom. The first-order valence-electron chi connectivity index (χ1n) is 6.95. The van der Waals surface area contributed by atoms with Crippen molar-refractivity contribution in [2.45, 2.75) is 43.3 Å². The summed E-state index contributed by atoms with van der Waals surface area (Å²) in [5.74, 6) is 0.732. The molecule has 1 fully saturated rings. The van der Waals surface area contributed by atoms with Crippen LogP contribution in [0.4, 0.5) is 0 Å². The average molecular weight is 349 g/mol. The monoisotopic (exact) mass is 348 g/mol. The Kier molecular flexibility index (Phi) is 5.96. The number of hydrogen-bond donors (Lipinski definition) is 2. The van der Waals surface area contributed by atoms with Crippen LogP contribution < -0.4 is 10.0 Å². The van der Waals surface area contributed by atoms with Crippen molar-refractivity contribution in [1.29, 1.82) is 0 Å². The number of hydrogen-bond acceptors (Lipinski definition) is 4. The molecule has 0 saturated heterocycles. The molecule has 0 aliphatic heterocycles. The summed E-state index contributed by atoms with van der Waals surface area (Å²) >= 11 is 7.81. The second kappa shape index (κ2) is 7.33. The molecule has 0 radical (unpaired) electrons. The first kappa shape index (κ1) is 17.1. The number of nitrogens with one attached hydrogen (secondary N) is 2. The second-order valence-corrected chi connectivity index (χ2v) is 8.42. The fourth-order valence-corrected chi connectivity index (χ4v) is 4.27. The van der Waals surface area contributed by atoms with E-state index in [1.54, 1.807) is 23.9 Å². The third-order valence-corrected chi connectivity index (χ3v) is 6.04. The average Bonchev–Trinajstić information content (AvgIpc) is 3.21. The highest BCUT2D eigenvalue weighted by Crippen LogP contribution is 2.24. The van der Waals surface area contributed by atoms with Gasteiger partial charge < -0.3 is 5.32 Å². The van der Waals surface area contributed by atoms with Gasteiger partial charge in [0.2, 0.25) is 10.0 Å². The molecule has 0 heterocycles. The van der Waals surface area contributed by atoms with Crippen LogP contribution >= 0.6 is 23.4 Å². The van der Waals surface area contributed by atoms with E-state index in [9.17, 15) is 8.42 Å². The Bertz CT molecular complexity index is 589. The molecule has 1 atom stereocenters. The van der Waals surface area contributed by atoms with Gasteiger partial charge in [-0.15, -0.1) is 0 Å². The zero-order valence-electron chi connectivity index (χ0n) is 12.2. The molecule has 7 heteroatoms. The molecule has 21 heavy (non-hydrogen) atoms. The van der Waals surface area contributed by atoms with E-state index >= 15 is 0 Å². The summed E-state index contributed by atoms with van der Waals surface area (Å²) in [5.41, 5.74) is 0.930. The molecule has 0 amide bonds. The number of halogens is 1. The van der Waals surface area contributed by atoms with Gasteiger partial charge in [-0.3, -0.25) is 0 Å². The van der Waals surface area contributed by atoms with E-state index < -0.39 is 10.0 Å². The maximum atomic E-state index is 12.3. The lowest BCUT2D eigenvalue weighted by atomic mass is 10.2. The van der Waals surface area contributed by atoms with Crippen LogP contribution in [0.15, 0.2) is 23.1 Å². The Balaban J connectivity index is 2.06. The highest BCUT2D eigenvalue weighted by atomic mass is 35.5. The minimum Gasteiger partial charge on any atom is -0.310 e. The van der Waals surface area contributed by atoms with E-state index in [0.29, 0.717) is 17.6 Å². The lowest BCUT2D eigenvalue weighted by Gasteiger charge is -2.14. The molecule has 1 aliphatic rings. The van der Waals surface area contributed by atoms with Crippen molar-refractivity contribution in [3.63, 3.8) is 0 Å². The van der Waals surface area contributed by atoms with Gasteiger partial charge in [-0.2, -0.15) is 11.8 Å². The third-order valence-electron chi connectivity index (χ3n) is 3.27. The van der Waals surface area contributed by atoms with E-state index in [2.05, 4.69) is 10.0 Å². The van der Waals surface area contributed by atoms with Gasteiger partial charge in [0, 0.05) is 29.4 Å². The molecule has 4 nitrogen and oxygen atoms in total. The second-order valence-electron chi connectivity index (χ2n) is 5.39. The molecular weight excluding hydrogens is 328 g/mol. The summed E-state index contributed by atoms with van der Waals surface area (Å²) in [7, 11) is -3.51. The first-order chi connectivity index (χ1) is 9.92. The van der Waals surface area contributed by atoms with E-state index in [1.807, 2.05) is 13.2 Å². The van der Waals surface area contributed by atoms with Crippen LogP contribution in [0.25, 0.3) is 0 Å². The number of benzene rings is 1. The van der Waals surface area contributed by atoms with Crippen LogP contribution in [-0.4, -0.2) is 32.5 Å². The highest BCUT2D eigenvalue weighted by Gasteiger charge is 2.21. The van der Waals surface area contributed by atoms with Crippen molar-refractivity contribution in [2.75, 3.05) is 12.0 Å².